The van der Waals surface area contributed by atoms with Crippen LogP contribution in [0.15, 0.2) is 28.7 Å². The lowest BCUT2D eigenvalue weighted by molar-refractivity contribution is -0.885. The Kier molecular flexibility index (Phi) is 6.24. The molecule has 0 radical (unpaired) electrons. The van der Waals surface area contributed by atoms with Gasteiger partial charge in [-0.25, -0.2) is 0 Å². The van der Waals surface area contributed by atoms with Crippen molar-refractivity contribution in [3.8, 4) is 0 Å². The summed E-state index contributed by atoms with van der Waals surface area (Å²) in [4.78, 5) is 13.4. The van der Waals surface area contributed by atoms with Gasteiger partial charge in [-0.1, -0.05) is 47.8 Å². The van der Waals surface area contributed by atoms with E-state index >= 15 is 0 Å². The maximum atomic E-state index is 12.2. The number of hydrogen-bond donors (Lipinski definition) is 2. The third-order valence-electron chi connectivity index (χ3n) is 4.34. The summed E-state index contributed by atoms with van der Waals surface area (Å²) in [5, 5.41) is 3.23. The molecule has 1 aliphatic rings. The number of benzene rings is 1. The molecule has 1 unspecified atom stereocenters. The van der Waals surface area contributed by atoms with Crippen LogP contribution < -0.4 is 10.2 Å². The molecule has 116 valence electrons. The number of rotatable bonds is 5. The molecule has 4 heteroatoms. The second-order valence-electron chi connectivity index (χ2n) is 6.37. The number of carbonyl (C=O) groups is 1. The van der Waals surface area contributed by atoms with Crippen LogP contribution in [0.3, 0.4) is 0 Å². The molecule has 1 saturated carbocycles. The largest absolute Gasteiger partial charge is 0.348 e. The van der Waals surface area contributed by atoms with E-state index in [1.165, 1.54) is 29.7 Å². The standard InChI is InChI=1S/C17H25BrN2O/c1-13-5-3-4-6-16(13)19-17(21)12-20(2)11-14-7-9-15(18)10-8-14/h7-10,13,16H,3-6,11-12H2,1-2H3,(H,19,21)/p+1/t13-,16-/m1/s1. The lowest BCUT2D eigenvalue weighted by Crippen LogP contribution is -3.09. The number of quaternary nitrogens is 1. The van der Waals surface area contributed by atoms with Crippen LogP contribution in [0, 0.1) is 5.92 Å². The summed E-state index contributed by atoms with van der Waals surface area (Å²) < 4.78 is 1.09. The molecule has 1 fully saturated rings. The Morgan fingerprint density at radius 2 is 1.95 bits per heavy atom. The van der Waals surface area contributed by atoms with Gasteiger partial charge in [0.05, 0.1) is 7.05 Å². The molecule has 2 N–H and O–H groups in total. The summed E-state index contributed by atoms with van der Waals surface area (Å²) in [5.74, 6) is 0.804. The van der Waals surface area contributed by atoms with E-state index in [1.807, 2.05) is 12.1 Å². The van der Waals surface area contributed by atoms with E-state index in [0.717, 1.165) is 17.4 Å². The van der Waals surface area contributed by atoms with Crippen molar-refractivity contribution < 1.29 is 9.69 Å². The average Bonchev–Trinajstić information content (AvgIpc) is 2.44. The van der Waals surface area contributed by atoms with Crippen molar-refractivity contribution in [2.45, 2.75) is 45.2 Å². The Morgan fingerprint density at radius 3 is 2.62 bits per heavy atom. The first kappa shape index (κ1) is 16.5. The average molecular weight is 354 g/mol. The van der Waals surface area contributed by atoms with Crippen molar-refractivity contribution in [1.82, 2.24) is 5.32 Å². The van der Waals surface area contributed by atoms with E-state index in [4.69, 9.17) is 0 Å². The molecule has 0 heterocycles. The molecule has 2 rings (SSSR count). The lowest BCUT2D eigenvalue weighted by atomic mass is 9.86. The van der Waals surface area contributed by atoms with Gasteiger partial charge in [-0.05, 0) is 30.9 Å². The van der Waals surface area contributed by atoms with E-state index in [2.05, 4.69) is 47.4 Å². The van der Waals surface area contributed by atoms with E-state index in [0.29, 0.717) is 18.5 Å². The highest BCUT2D eigenvalue weighted by Gasteiger charge is 2.23. The Morgan fingerprint density at radius 1 is 1.29 bits per heavy atom. The minimum absolute atomic E-state index is 0.184. The summed E-state index contributed by atoms with van der Waals surface area (Å²) in [5.41, 5.74) is 1.26. The van der Waals surface area contributed by atoms with Crippen LogP contribution in [0.4, 0.5) is 0 Å². The maximum Gasteiger partial charge on any atom is 0.275 e. The Hall–Kier alpha value is -0.870. The first-order valence-electron chi connectivity index (χ1n) is 7.89. The van der Waals surface area contributed by atoms with E-state index in [1.54, 1.807) is 0 Å². The highest BCUT2D eigenvalue weighted by molar-refractivity contribution is 9.10. The third kappa shape index (κ3) is 5.44. The molecule has 0 aliphatic heterocycles. The zero-order valence-electron chi connectivity index (χ0n) is 13.0. The van der Waals surface area contributed by atoms with Crippen LogP contribution in [0.5, 0.6) is 0 Å². The fourth-order valence-corrected chi connectivity index (χ4v) is 3.34. The smallest absolute Gasteiger partial charge is 0.275 e. The van der Waals surface area contributed by atoms with Crippen LogP contribution in [-0.4, -0.2) is 25.5 Å². The van der Waals surface area contributed by atoms with Gasteiger partial charge < -0.3 is 10.2 Å². The number of likely N-dealkylation sites (N-methyl/N-ethyl adjacent to an activating group) is 1. The summed E-state index contributed by atoms with van der Waals surface area (Å²) in [6.45, 7) is 3.67. The van der Waals surface area contributed by atoms with Gasteiger partial charge in [-0.15, -0.1) is 0 Å². The SMILES string of the molecule is C[C@@H]1CCCC[C@H]1NC(=O)C[NH+](C)Cc1ccc(Br)cc1. The molecule has 0 aromatic heterocycles. The third-order valence-corrected chi connectivity index (χ3v) is 4.87. The molecule has 0 spiro atoms. The molecule has 21 heavy (non-hydrogen) atoms. The Labute approximate surface area is 136 Å². The molecule has 1 aromatic rings. The molecule has 3 atom stereocenters. The minimum atomic E-state index is 0.184. The lowest BCUT2D eigenvalue weighted by Gasteiger charge is -2.29. The molecule has 0 saturated heterocycles. The van der Waals surface area contributed by atoms with E-state index in [9.17, 15) is 4.79 Å². The molecular formula is C17H26BrN2O+. The number of hydrogen-bond acceptors (Lipinski definition) is 1. The molecule has 1 aromatic carbocycles. The maximum absolute atomic E-state index is 12.2. The van der Waals surface area contributed by atoms with Gasteiger partial charge in [0.15, 0.2) is 6.54 Å². The van der Waals surface area contributed by atoms with Crippen molar-refractivity contribution in [2.75, 3.05) is 13.6 Å². The van der Waals surface area contributed by atoms with Gasteiger partial charge in [-0.3, -0.25) is 4.79 Å². The number of carbonyl (C=O) groups excluding carboxylic acids is 1. The fourth-order valence-electron chi connectivity index (χ4n) is 3.08. The quantitative estimate of drug-likeness (QED) is 0.835. The predicted molar refractivity (Wildman–Crippen MR) is 89.2 cm³/mol. The zero-order valence-corrected chi connectivity index (χ0v) is 14.6. The summed E-state index contributed by atoms with van der Waals surface area (Å²) >= 11 is 3.44. The van der Waals surface area contributed by atoms with E-state index in [-0.39, 0.29) is 5.91 Å². The highest BCUT2D eigenvalue weighted by Crippen LogP contribution is 2.23. The number of halogens is 1. The van der Waals surface area contributed by atoms with Crippen LogP contribution in [0.25, 0.3) is 0 Å². The van der Waals surface area contributed by atoms with E-state index < -0.39 is 0 Å². The van der Waals surface area contributed by atoms with Crippen molar-refractivity contribution in [3.05, 3.63) is 34.3 Å². The Bertz CT molecular complexity index is 460. The monoisotopic (exact) mass is 353 g/mol. The van der Waals surface area contributed by atoms with Crippen LogP contribution in [-0.2, 0) is 11.3 Å². The van der Waals surface area contributed by atoms with Crippen LogP contribution >= 0.6 is 15.9 Å². The molecular weight excluding hydrogens is 328 g/mol. The van der Waals surface area contributed by atoms with Gasteiger partial charge in [0.25, 0.3) is 5.91 Å². The molecule has 1 amide bonds. The van der Waals surface area contributed by atoms with Gasteiger partial charge >= 0.3 is 0 Å². The normalized spacial score (nSPS) is 23.6. The van der Waals surface area contributed by atoms with Crippen molar-refractivity contribution in [3.63, 3.8) is 0 Å². The summed E-state index contributed by atoms with van der Waals surface area (Å²) in [7, 11) is 2.08. The second kappa shape index (κ2) is 7.95. The highest BCUT2D eigenvalue weighted by atomic mass is 79.9. The minimum Gasteiger partial charge on any atom is -0.348 e. The second-order valence-corrected chi connectivity index (χ2v) is 7.29. The van der Waals surface area contributed by atoms with Crippen molar-refractivity contribution in [1.29, 1.82) is 0 Å². The fraction of sp³-hybridized carbons (Fsp3) is 0.588. The Balaban J connectivity index is 1.77. The first-order chi connectivity index (χ1) is 10.0. The number of amides is 1. The van der Waals surface area contributed by atoms with Crippen LogP contribution in [0.2, 0.25) is 0 Å². The predicted octanol–water partition coefficient (Wildman–Crippen LogP) is 2.16. The van der Waals surface area contributed by atoms with Gasteiger partial charge in [0.2, 0.25) is 0 Å². The first-order valence-corrected chi connectivity index (χ1v) is 8.69. The van der Waals surface area contributed by atoms with Crippen LogP contribution in [0.1, 0.15) is 38.2 Å². The topological polar surface area (TPSA) is 33.5 Å². The molecule has 0 bridgehead atoms. The van der Waals surface area contributed by atoms with Crippen molar-refractivity contribution in [2.24, 2.45) is 5.92 Å². The molecule has 1 aliphatic carbocycles. The summed E-state index contributed by atoms with van der Waals surface area (Å²) in [6.07, 6.45) is 4.93. The zero-order chi connectivity index (χ0) is 15.2. The number of nitrogens with one attached hydrogen (secondary N) is 2. The van der Waals surface area contributed by atoms with Crippen molar-refractivity contribution >= 4 is 21.8 Å². The summed E-state index contributed by atoms with van der Waals surface area (Å²) in [6, 6.07) is 8.69. The van der Waals surface area contributed by atoms with Gasteiger partial charge in [-0.2, -0.15) is 0 Å². The van der Waals surface area contributed by atoms with Gasteiger partial charge in [0.1, 0.15) is 6.54 Å². The molecule has 3 nitrogen and oxygen atoms in total. The van der Waals surface area contributed by atoms with Gasteiger partial charge in [0, 0.05) is 16.1 Å².